The fourth-order valence-corrected chi connectivity index (χ4v) is 1.82. The summed E-state index contributed by atoms with van der Waals surface area (Å²) in [6.07, 6.45) is 1.46. The zero-order valence-corrected chi connectivity index (χ0v) is 11.7. The second kappa shape index (κ2) is 6.43. The summed E-state index contributed by atoms with van der Waals surface area (Å²) in [5.41, 5.74) is 5.43. The van der Waals surface area contributed by atoms with E-state index in [0.717, 1.165) is 6.42 Å². The van der Waals surface area contributed by atoms with E-state index in [1.54, 1.807) is 12.1 Å². The SMILES string of the molecule is CCC(C)(CCN)NC(=O)c1ccc(OC)cc1O. The largest absolute Gasteiger partial charge is 0.507 e. The molecule has 0 bridgehead atoms. The van der Waals surface area contributed by atoms with Crippen LogP contribution in [0.5, 0.6) is 11.5 Å². The molecule has 1 aromatic carbocycles. The number of phenolic OH excluding ortho intramolecular Hbond substituents is 1. The first-order valence-electron chi connectivity index (χ1n) is 6.35. The molecule has 5 heteroatoms. The third-order valence-corrected chi connectivity index (χ3v) is 3.34. The Morgan fingerprint density at radius 1 is 1.53 bits per heavy atom. The number of carbonyl (C=O) groups excluding carboxylic acids is 1. The van der Waals surface area contributed by atoms with Crippen molar-refractivity contribution in [2.75, 3.05) is 13.7 Å². The maximum Gasteiger partial charge on any atom is 0.255 e. The number of nitrogens with two attached hydrogens (primary N) is 1. The fraction of sp³-hybridized carbons (Fsp3) is 0.500. The summed E-state index contributed by atoms with van der Waals surface area (Å²) in [5.74, 6) is 0.107. The van der Waals surface area contributed by atoms with E-state index in [1.165, 1.54) is 13.2 Å². The van der Waals surface area contributed by atoms with Crippen LogP contribution in [0.25, 0.3) is 0 Å². The van der Waals surface area contributed by atoms with E-state index in [2.05, 4.69) is 5.32 Å². The molecule has 0 heterocycles. The van der Waals surface area contributed by atoms with Crippen LogP contribution in [0.3, 0.4) is 0 Å². The van der Waals surface area contributed by atoms with Crippen LogP contribution in [0.4, 0.5) is 0 Å². The van der Waals surface area contributed by atoms with E-state index in [-0.39, 0.29) is 22.8 Å². The van der Waals surface area contributed by atoms with Gasteiger partial charge >= 0.3 is 0 Å². The van der Waals surface area contributed by atoms with Gasteiger partial charge in [0.15, 0.2) is 0 Å². The zero-order valence-electron chi connectivity index (χ0n) is 11.7. The summed E-state index contributed by atoms with van der Waals surface area (Å²) < 4.78 is 4.98. The van der Waals surface area contributed by atoms with Crippen molar-refractivity contribution < 1.29 is 14.6 Å². The van der Waals surface area contributed by atoms with Crippen molar-refractivity contribution in [1.29, 1.82) is 0 Å². The first-order chi connectivity index (χ1) is 8.95. The van der Waals surface area contributed by atoms with Crippen LogP contribution in [0, 0.1) is 0 Å². The molecule has 5 nitrogen and oxygen atoms in total. The Morgan fingerprint density at radius 2 is 2.21 bits per heavy atom. The third kappa shape index (κ3) is 3.86. The van der Waals surface area contributed by atoms with Crippen molar-refractivity contribution in [3.63, 3.8) is 0 Å². The summed E-state index contributed by atoms with van der Waals surface area (Å²) in [6.45, 7) is 4.43. The van der Waals surface area contributed by atoms with E-state index >= 15 is 0 Å². The molecule has 0 saturated heterocycles. The van der Waals surface area contributed by atoms with Crippen LogP contribution in [0.15, 0.2) is 18.2 Å². The highest BCUT2D eigenvalue weighted by molar-refractivity contribution is 5.97. The lowest BCUT2D eigenvalue weighted by Crippen LogP contribution is -2.46. The minimum Gasteiger partial charge on any atom is -0.507 e. The normalized spacial score (nSPS) is 13.7. The second-order valence-corrected chi connectivity index (χ2v) is 4.79. The number of amides is 1. The van der Waals surface area contributed by atoms with Crippen LogP contribution < -0.4 is 15.8 Å². The van der Waals surface area contributed by atoms with Gasteiger partial charge in [0.1, 0.15) is 11.5 Å². The number of rotatable bonds is 6. The summed E-state index contributed by atoms with van der Waals surface area (Å²) in [4.78, 5) is 12.2. The summed E-state index contributed by atoms with van der Waals surface area (Å²) in [5, 5.41) is 12.7. The highest BCUT2D eigenvalue weighted by Gasteiger charge is 2.25. The van der Waals surface area contributed by atoms with Crippen molar-refractivity contribution >= 4 is 5.91 Å². The Labute approximate surface area is 113 Å². The molecule has 1 atom stereocenters. The number of hydrogen-bond acceptors (Lipinski definition) is 4. The predicted octanol–water partition coefficient (Wildman–Crippen LogP) is 1.65. The molecule has 19 heavy (non-hydrogen) atoms. The number of nitrogens with one attached hydrogen (secondary N) is 1. The molecular weight excluding hydrogens is 244 g/mol. The van der Waals surface area contributed by atoms with Gasteiger partial charge in [0.25, 0.3) is 5.91 Å². The minimum absolute atomic E-state index is 0.0944. The van der Waals surface area contributed by atoms with Crippen molar-refractivity contribution in [3.8, 4) is 11.5 Å². The van der Waals surface area contributed by atoms with E-state index in [9.17, 15) is 9.90 Å². The first-order valence-corrected chi connectivity index (χ1v) is 6.35. The lowest BCUT2D eigenvalue weighted by molar-refractivity contribution is 0.0897. The predicted molar refractivity (Wildman–Crippen MR) is 74.5 cm³/mol. The molecule has 0 spiro atoms. The summed E-state index contributed by atoms with van der Waals surface area (Å²) in [7, 11) is 1.50. The Balaban J connectivity index is 2.89. The number of carbonyl (C=O) groups is 1. The van der Waals surface area contributed by atoms with Gasteiger partial charge < -0.3 is 20.9 Å². The van der Waals surface area contributed by atoms with Crippen LogP contribution in [0.2, 0.25) is 0 Å². The van der Waals surface area contributed by atoms with Gasteiger partial charge in [-0.3, -0.25) is 4.79 Å². The highest BCUT2D eigenvalue weighted by Crippen LogP contribution is 2.24. The highest BCUT2D eigenvalue weighted by atomic mass is 16.5. The molecule has 1 aromatic rings. The summed E-state index contributed by atoms with van der Waals surface area (Å²) in [6, 6.07) is 4.60. The van der Waals surface area contributed by atoms with E-state index in [4.69, 9.17) is 10.5 Å². The van der Waals surface area contributed by atoms with Crippen molar-refractivity contribution in [3.05, 3.63) is 23.8 Å². The maximum atomic E-state index is 12.2. The monoisotopic (exact) mass is 266 g/mol. The Kier molecular flexibility index (Phi) is 5.18. The second-order valence-electron chi connectivity index (χ2n) is 4.79. The molecule has 0 aliphatic rings. The Bertz CT molecular complexity index is 448. The van der Waals surface area contributed by atoms with Crippen LogP contribution in [0.1, 0.15) is 37.0 Å². The molecular formula is C14H22N2O3. The lowest BCUT2D eigenvalue weighted by atomic mass is 9.94. The molecule has 1 amide bonds. The number of hydrogen-bond donors (Lipinski definition) is 3. The van der Waals surface area contributed by atoms with Gasteiger partial charge in [-0.1, -0.05) is 6.92 Å². The molecule has 0 aromatic heterocycles. The number of benzene rings is 1. The van der Waals surface area contributed by atoms with Crippen molar-refractivity contribution in [2.45, 2.75) is 32.2 Å². The van der Waals surface area contributed by atoms with Gasteiger partial charge in [-0.15, -0.1) is 0 Å². The van der Waals surface area contributed by atoms with Gasteiger partial charge in [0, 0.05) is 11.6 Å². The standard InChI is InChI=1S/C14H22N2O3/c1-4-14(2,7-8-15)16-13(18)11-6-5-10(19-3)9-12(11)17/h5-6,9,17H,4,7-8,15H2,1-3H3,(H,16,18). The quantitative estimate of drug-likeness (QED) is 0.731. The number of methoxy groups -OCH3 is 1. The van der Waals surface area contributed by atoms with Crippen LogP contribution in [-0.2, 0) is 0 Å². The maximum absolute atomic E-state index is 12.2. The minimum atomic E-state index is -0.363. The zero-order chi connectivity index (χ0) is 14.5. The molecule has 1 unspecified atom stereocenters. The number of aromatic hydroxyl groups is 1. The average molecular weight is 266 g/mol. The molecule has 0 aliphatic heterocycles. The van der Waals surface area contributed by atoms with Gasteiger partial charge in [0.05, 0.1) is 12.7 Å². The summed E-state index contributed by atoms with van der Waals surface area (Å²) >= 11 is 0. The van der Waals surface area contributed by atoms with Gasteiger partial charge in [-0.05, 0) is 38.4 Å². The van der Waals surface area contributed by atoms with E-state index in [1.807, 2.05) is 13.8 Å². The Hall–Kier alpha value is -1.75. The van der Waals surface area contributed by atoms with Crippen molar-refractivity contribution in [1.82, 2.24) is 5.32 Å². The molecule has 106 valence electrons. The van der Waals surface area contributed by atoms with E-state index in [0.29, 0.717) is 18.7 Å². The van der Waals surface area contributed by atoms with Gasteiger partial charge in [-0.2, -0.15) is 0 Å². The van der Waals surface area contributed by atoms with E-state index < -0.39 is 0 Å². The molecule has 4 N–H and O–H groups in total. The third-order valence-electron chi connectivity index (χ3n) is 3.34. The molecule has 0 saturated carbocycles. The first kappa shape index (κ1) is 15.3. The fourth-order valence-electron chi connectivity index (χ4n) is 1.82. The number of ether oxygens (including phenoxy) is 1. The van der Waals surface area contributed by atoms with Gasteiger partial charge in [-0.25, -0.2) is 0 Å². The Morgan fingerprint density at radius 3 is 2.68 bits per heavy atom. The molecule has 1 rings (SSSR count). The smallest absolute Gasteiger partial charge is 0.255 e. The molecule has 0 radical (unpaired) electrons. The lowest BCUT2D eigenvalue weighted by Gasteiger charge is -2.29. The van der Waals surface area contributed by atoms with Crippen LogP contribution >= 0.6 is 0 Å². The molecule has 0 fully saturated rings. The average Bonchev–Trinajstić information content (AvgIpc) is 2.38. The topological polar surface area (TPSA) is 84.6 Å². The van der Waals surface area contributed by atoms with Gasteiger partial charge in [0.2, 0.25) is 0 Å². The number of phenols is 1. The molecule has 0 aliphatic carbocycles. The van der Waals surface area contributed by atoms with Crippen molar-refractivity contribution in [2.24, 2.45) is 5.73 Å². The van der Waals surface area contributed by atoms with Crippen LogP contribution in [-0.4, -0.2) is 30.2 Å².